The van der Waals surface area contributed by atoms with Crippen LogP contribution in [0.4, 0.5) is 0 Å². The Bertz CT molecular complexity index is 843. The van der Waals surface area contributed by atoms with Gasteiger partial charge in [-0.1, -0.05) is 49.2 Å². The van der Waals surface area contributed by atoms with Crippen LogP contribution in [0.5, 0.6) is 11.5 Å². The minimum absolute atomic E-state index is 0.197. The number of hydrogen-bond acceptors (Lipinski definition) is 4. The lowest BCUT2D eigenvalue weighted by molar-refractivity contribution is -0.142. The number of hydrogen-bond donors (Lipinski definition) is 1. The van der Waals surface area contributed by atoms with Crippen LogP contribution in [0.3, 0.4) is 0 Å². The van der Waals surface area contributed by atoms with Gasteiger partial charge in [-0.3, -0.25) is 9.59 Å². The van der Waals surface area contributed by atoms with Crippen LogP contribution in [-0.4, -0.2) is 43.0 Å². The van der Waals surface area contributed by atoms with Gasteiger partial charge in [-0.2, -0.15) is 0 Å². The quantitative estimate of drug-likeness (QED) is 0.544. The number of ether oxygens (including phenoxy) is 2. The fourth-order valence-electron chi connectivity index (χ4n) is 2.87. The van der Waals surface area contributed by atoms with E-state index in [1.54, 1.807) is 38.3 Å². The van der Waals surface area contributed by atoms with Crippen molar-refractivity contribution in [1.29, 1.82) is 0 Å². The maximum atomic E-state index is 13.0. The van der Waals surface area contributed by atoms with Crippen molar-refractivity contribution in [3.8, 4) is 11.5 Å². The Morgan fingerprint density at radius 2 is 1.93 bits per heavy atom. The number of methoxy groups -OCH3 is 1. The van der Waals surface area contributed by atoms with Crippen molar-refractivity contribution >= 4 is 23.4 Å². The zero-order valence-corrected chi connectivity index (χ0v) is 18.4. The monoisotopic (exact) mass is 432 g/mol. The van der Waals surface area contributed by atoms with E-state index in [1.807, 2.05) is 24.3 Å². The Hall–Kier alpha value is -2.73. The predicted molar refractivity (Wildman–Crippen MR) is 118 cm³/mol. The minimum atomic E-state index is -0.657. The largest absolute Gasteiger partial charge is 0.497 e. The molecule has 1 N–H and O–H groups in total. The second kappa shape index (κ2) is 12.1. The Morgan fingerprint density at radius 1 is 1.17 bits per heavy atom. The molecule has 0 spiro atoms. The van der Waals surface area contributed by atoms with Gasteiger partial charge in [-0.05, 0) is 43.2 Å². The molecule has 1 unspecified atom stereocenters. The first-order valence-electron chi connectivity index (χ1n) is 10.0. The van der Waals surface area contributed by atoms with Crippen LogP contribution in [0.25, 0.3) is 0 Å². The van der Waals surface area contributed by atoms with Gasteiger partial charge in [-0.15, -0.1) is 0 Å². The molecule has 7 heteroatoms. The first-order valence-corrected chi connectivity index (χ1v) is 10.4. The van der Waals surface area contributed by atoms with Crippen molar-refractivity contribution in [2.75, 3.05) is 20.3 Å². The second-order valence-electron chi connectivity index (χ2n) is 6.91. The molecule has 162 valence electrons. The summed E-state index contributed by atoms with van der Waals surface area (Å²) < 4.78 is 10.9. The summed E-state index contributed by atoms with van der Waals surface area (Å²) in [6, 6.07) is 13.7. The third kappa shape index (κ3) is 6.95. The number of para-hydroxylation sites is 1. The first kappa shape index (κ1) is 23.5. The van der Waals surface area contributed by atoms with E-state index in [1.165, 1.54) is 4.90 Å². The van der Waals surface area contributed by atoms with E-state index in [2.05, 4.69) is 12.2 Å². The summed E-state index contributed by atoms with van der Waals surface area (Å²) in [6.07, 6.45) is 1.87. The number of carbonyl (C=O) groups excluding carboxylic acids is 2. The number of halogens is 1. The van der Waals surface area contributed by atoms with E-state index < -0.39 is 6.04 Å². The van der Waals surface area contributed by atoms with E-state index in [4.69, 9.17) is 21.1 Å². The molecule has 0 bridgehead atoms. The molecule has 0 saturated heterocycles. The fraction of sp³-hybridized carbons (Fsp3) is 0.391. The molecular weight excluding hydrogens is 404 g/mol. The van der Waals surface area contributed by atoms with Gasteiger partial charge in [0.25, 0.3) is 5.91 Å². The summed E-state index contributed by atoms with van der Waals surface area (Å²) in [6.45, 7) is 4.39. The molecule has 2 aromatic rings. The van der Waals surface area contributed by atoms with E-state index in [0.29, 0.717) is 23.1 Å². The van der Waals surface area contributed by atoms with E-state index >= 15 is 0 Å². The Balaban J connectivity index is 2.15. The van der Waals surface area contributed by atoms with Crippen LogP contribution in [0.2, 0.25) is 5.02 Å². The number of unbranched alkanes of at least 4 members (excludes halogenated alkanes) is 1. The number of rotatable bonds is 11. The second-order valence-corrected chi connectivity index (χ2v) is 7.32. The van der Waals surface area contributed by atoms with Crippen molar-refractivity contribution in [3.63, 3.8) is 0 Å². The zero-order chi connectivity index (χ0) is 21.9. The minimum Gasteiger partial charge on any atom is -0.497 e. The van der Waals surface area contributed by atoms with Gasteiger partial charge in [0.15, 0.2) is 6.61 Å². The predicted octanol–water partition coefficient (Wildman–Crippen LogP) is 4.06. The summed E-state index contributed by atoms with van der Waals surface area (Å²) in [4.78, 5) is 27.1. The zero-order valence-electron chi connectivity index (χ0n) is 17.7. The van der Waals surface area contributed by atoms with Crippen molar-refractivity contribution in [3.05, 3.63) is 59.1 Å². The third-order valence-corrected chi connectivity index (χ3v) is 4.98. The smallest absolute Gasteiger partial charge is 0.261 e. The normalized spacial score (nSPS) is 11.5. The maximum Gasteiger partial charge on any atom is 0.261 e. The summed E-state index contributed by atoms with van der Waals surface area (Å²) in [5.74, 6) is 0.606. The van der Waals surface area contributed by atoms with Gasteiger partial charge in [-0.25, -0.2) is 0 Å². The van der Waals surface area contributed by atoms with E-state index in [-0.39, 0.29) is 25.0 Å². The van der Waals surface area contributed by atoms with Gasteiger partial charge in [0, 0.05) is 13.1 Å². The summed E-state index contributed by atoms with van der Waals surface area (Å²) >= 11 is 6.11. The lowest BCUT2D eigenvalue weighted by atomic mass is 10.1. The average Bonchev–Trinajstić information content (AvgIpc) is 2.76. The van der Waals surface area contributed by atoms with Crippen molar-refractivity contribution < 1.29 is 19.1 Å². The molecule has 30 heavy (non-hydrogen) atoms. The van der Waals surface area contributed by atoms with Crippen LogP contribution in [0, 0.1) is 0 Å². The van der Waals surface area contributed by atoms with Crippen molar-refractivity contribution in [2.45, 2.75) is 39.3 Å². The number of nitrogens with zero attached hydrogens (tertiary/aromatic N) is 1. The van der Waals surface area contributed by atoms with Crippen LogP contribution in [0.1, 0.15) is 32.3 Å². The Morgan fingerprint density at radius 3 is 2.63 bits per heavy atom. The van der Waals surface area contributed by atoms with Gasteiger partial charge >= 0.3 is 0 Å². The average molecular weight is 433 g/mol. The first-order chi connectivity index (χ1) is 14.5. The van der Waals surface area contributed by atoms with Gasteiger partial charge < -0.3 is 19.7 Å². The molecule has 0 heterocycles. The van der Waals surface area contributed by atoms with Crippen molar-refractivity contribution in [2.24, 2.45) is 0 Å². The third-order valence-electron chi connectivity index (χ3n) is 4.67. The SMILES string of the molecule is CCCCNC(=O)C(C)N(Cc1cccc(OC)c1)C(=O)COc1ccccc1Cl. The van der Waals surface area contributed by atoms with Gasteiger partial charge in [0.2, 0.25) is 5.91 Å². The number of carbonyl (C=O) groups is 2. The lowest BCUT2D eigenvalue weighted by Crippen LogP contribution is -2.49. The molecule has 0 aromatic heterocycles. The molecule has 2 aromatic carbocycles. The van der Waals surface area contributed by atoms with Crippen LogP contribution >= 0.6 is 11.6 Å². The van der Waals surface area contributed by atoms with Crippen LogP contribution < -0.4 is 14.8 Å². The topological polar surface area (TPSA) is 67.9 Å². The highest BCUT2D eigenvalue weighted by molar-refractivity contribution is 6.32. The Kier molecular flexibility index (Phi) is 9.48. The molecule has 0 fully saturated rings. The number of benzene rings is 2. The molecule has 0 aliphatic rings. The lowest BCUT2D eigenvalue weighted by Gasteiger charge is -2.29. The van der Waals surface area contributed by atoms with Crippen LogP contribution in [-0.2, 0) is 16.1 Å². The number of nitrogens with one attached hydrogen (secondary N) is 1. The highest BCUT2D eigenvalue weighted by Gasteiger charge is 2.26. The molecule has 0 radical (unpaired) electrons. The molecule has 0 aliphatic heterocycles. The molecule has 6 nitrogen and oxygen atoms in total. The Labute approximate surface area is 183 Å². The molecule has 0 aliphatic carbocycles. The summed E-state index contributed by atoms with van der Waals surface area (Å²) in [5.41, 5.74) is 0.855. The van der Waals surface area contributed by atoms with Gasteiger partial charge in [0.1, 0.15) is 17.5 Å². The molecule has 1 atom stereocenters. The van der Waals surface area contributed by atoms with E-state index in [0.717, 1.165) is 18.4 Å². The van der Waals surface area contributed by atoms with Crippen molar-refractivity contribution in [1.82, 2.24) is 10.2 Å². The van der Waals surface area contributed by atoms with Crippen LogP contribution in [0.15, 0.2) is 48.5 Å². The van der Waals surface area contributed by atoms with Gasteiger partial charge in [0.05, 0.1) is 12.1 Å². The highest BCUT2D eigenvalue weighted by atomic mass is 35.5. The standard InChI is InChI=1S/C23H29ClN2O4/c1-4-5-13-25-23(28)17(2)26(15-18-9-8-10-19(14-18)29-3)22(27)16-30-21-12-7-6-11-20(21)24/h6-12,14,17H,4-5,13,15-16H2,1-3H3,(H,25,28). The molecular formula is C23H29ClN2O4. The highest BCUT2D eigenvalue weighted by Crippen LogP contribution is 2.23. The summed E-state index contributed by atoms with van der Waals surface area (Å²) in [7, 11) is 1.59. The summed E-state index contributed by atoms with van der Waals surface area (Å²) in [5, 5.41) is 3.32. The number of amides is 2. The molecule has 0 saturated carbocycles. The maximum absolute atomic E-state index is 13.0. The molecule has 2 rings (SSSR count). The molecule has 2 amide bonds. The fourth-order valence-corrected chi connectivity index (χ4v) is 3.06. The van der Waals surface area contributed by atoms with E-state index in [9.17, 15) is 9.59 Å².